The summed E-state index contributed by atoms with van der Waals surface area (Å²) in [4.78, 5) is 25.1. The molecule has 132 valence electrons. The average molecular weight is 340 g/mol. The van der Waals surface area contributed by atoms with Crippen molar-refractivity contribution in [3.8, 4) is 5.75 Å². The maximum absolute atomic E-state index is 12.2. The van der Waals surface area contributed by atoms with Crippen LogP contribution < -0.4 is 10.1 Å². The van der Waals surface area contributed by atoms with Crippen molar-refractivity contribution in [2.45, 2.75) is 19.3 Å². The molecule has 0 spiro atoms. The molecule has 0 fully saturated rings. The second-order valence-electron chi connectivity index (χ2n) is 6.17. The highest BCUT2D eigenvalue weighted by molar-refractivity contribution is 5.91. The van der Waals surface area contributed by atoms with E-state index in [0.29, 0.717) is 17.9 Å². The number of ether oxygens (including phenoxy) is 1. The molecule has 2 aromatic carbocycles. The number of hydrogen-bond acceptors (Lipinski definition) is 3. The van der Waals surface area contributed by atoms with Crippen LogP contribution in [0.15, 0.2) is 54.6 Å². The molecule has 1 atom stereocenters. The number of rotatable bonds is 7. The van der Waals surface area contributed by atoms with E-state index in [-0.39, 0.29) is 24.3 Å². The van der Waals surface area contributed by atoms with Gasteiger partial charge >= 0.3 is 0 Å². The fourth-order valence-corrected chi connectivity index (χ4v) is 2.30. The van der Waals surface area contributed by atoms with Gasteiger partial charge in [0.1, 0.15) is 5.75 Å². The number of carbonyl (C=O) groups excluding carboxylic acids is 2. The molecule has 5 nitrogen and oxygen atoms in total. The van der Waals surface area contributed by atoms with Gasteiger partial charge in [0, 0.05) is 26.2 Å². The Morgan fingerprint density at radius 1 is 1.04 bits per heavy atom. The van der Waals surface area contributed by atoms with Gasteiger partial charge in [-0.25, -0.2) is 0 Å². The summed E-state index contributed by atoms with van der Waals surface area (Å²) in [7, 11) is 3.36. The van der Waals surface area contributed by atoms with E-state index in [1.165, 1.54) is 4.90 Å². The van der Waals surface area contributed by atoms with Crippen LogP contribution in [0.4, 0.5) is 5.69 Å². The fourth-order valence-electron chi connectivity index (χ4n) is 2.30. The Morgan fingerprint density at radius 3 is 2.28 bits per heavy atom. The van der Waals surface area contributed by atoms with E-state index >= 15 is 0 Å². The number of amides is 2. The van der Waals surface area contributed by atoms with Gasteiger partial charge in [-0.15, -0.1) is 0 Å². The predicted octanol–water partition coefficient (Wildman–Crippen LogP) is 3.29. The van der Waals surface area contributed by atoms with E-state index in [2.05, 4.69) is 5.32 Å². The third kappa shape index (κ3) is 5.95. The van der Waals surface area contributed by atoms with Crippen LogP contribution in [0.5, 0.6) is 5.75 Å². The molecule has 0 bridgehead atoms. The van der Waals surface area contributed by atoms with Crippen molar-refractivity contribution in [3.05, 3.63) is 60.2 Å². The Labute approximate surface area is 148 Å². The number of anilines is 1. The average Bonchev–Trinajstić information content (AvgIpc) is 2.61. The van der Waals surface area contributed by atoms with E-state index in [4.69, 9.17) is 4.74 Å². The summed E-state index contributed by atoms with van der Waals surface area (Å²) in [6, 6.07) is 17.0. The van der Waals surface area contributed by atoms with Gasteiger partial charge in [-0.1, -0.05) is 37.3 Å². The molecule has 2 rings (SSSR count). The highest BCUT2D eigenvalue weighted by Gasteiger charge is 2.11. The van der Waals surface area contributed by atoms with Crippen molar-refractivity contribution < 1.29 is 14.3 Å². The Bertz CT molecular complexity index is 697. The Hall–Kier alpha value is -2.82. The SMILES string of the molecule is CC(CC(=O)Nc1ccc(OCC(=O)N(C)C)cc1)c1ccccc1. The number of benzene rings is 2. The molecule has 0 aliphatic rings. The first-order valence-corrected chi connectivity index (χ1v) is 8.23. The lowest BCUT2D eigenvalue weighted by Gasteiger charge is -2.13. The van der Waals surface area contributed by atoms with Crippen molar-refractivity contribution in [2.24, 2.45) is 0 Å². The van der Waals surface area contributed by atoms with Gasteiger partial charge < -0.3 is 15.0 Å². The minimum atomic E-state index is -0.104. The number of carbonyl (C=O) groups is 2. The van der Waals surface area contributed by atoms with Crippen LogP contribution >= 0.6 is 0 Å². The van der Waals surface area contributed by atoms with Crippen molar-refractivity contribution in [1.29, 1.82) is 0 Å². The summed E-state index contributed by atoms with van der Waals surface area (Å²) >= 11 is 0. The van der Waals surface area contributed by atoms with Crippen molar-refractivity contribution in [2.75, 3.05) is 26.0 Å². The fraction of sp³-hybridized carbons (Fsp3) is 0.300. The quantitative estimate of drug-likeness (QED) is 0.841. The largest absolute Gasteiger partial charge is 0.484 e. The Kier molecular flexibility index (Phi) is 6.57. The van der Waals surface area contributed by atoms with Crippen LogP contribution in [0.3, 0.4) is 0 Å². The van der Waals surface area contributed by atoms with Gasteiger partial charge in [-0.3, -0.25) is 9.59 Å². The van der Waals surface area contributed by atoms with Gasteiger partial charge in [0.05, 0.1) is 0 Å². The lowest BCUT2D eigenvalue weighted by atomic mass is 9.97. The topological polar surface area (TPSA) is 58.6 Å². The molecule has 2 amide bonds. The molecule has 0 heterocycles. The summed E-state index contributed by atoms with van der Waals surface area (Å²) in [5, 5.41) is 2.88. The summed E-state index contributed by atoms with van der Waals surface area (Å²) in [6.07, 6.45) is 0.416. The molecule has 0 aliphatic carbocycles. The molecule has 1 unspecified atom stereocenters. The minimum absolute atomic E-state index is 0.00665. The maximum atomic E-state index is 12.2. The first-order chi connectivity index (χ1) is 12.0. The smallest absolute Gasteiger partial charge is 0.259 e. The normalized spacial score (nSPS) is 11.5. The van der Waals surface area contributed by atoms with Crippen LogP contribution in [0.25, 0.3) is 0 Å². The van der Waals surface area contributed by atoms with Gasteiger partial charge in [0.2, 0.25) is 5.91 Å². The van der Waals surface area contributed by atoms with Crippen LogP contribution in [-0.2, 0) is 9.59 Å². The highest BCUT2D eigenvalue weighted by atomic mass is 16.5. The second kappa shape index (κ2) is 8.87. The zero-order valence-corrected chi connectivity index (χ0v) is 14.9. The van der Waals surface area contributed by atoms with Gasteiger partial charge in [-0.2, -0.15) is 0 Å². The monoisotopic (exact) mass is 340 g/mol. The lowest BCUT2D eigenvalue weighted by molar-refractivity contribution is -0.130. The van der Waals surface area contributed by atoms with E-state index in [1.807, 2.05) is 37.3 Å². The first-order valence-electron chi connectivity index (χ1n) is 8.23. The third-order valence-electron chi connectivity index (χ3n) is 3.86. The van der Waals surface area contributed by atoms with Crippen LogP contribution in [0.1, 0.15) is 24.8 Å². The maximum Gasteiger partial charge on any atom is 0.259 e. The first kappa shape index (κ1) is 18.5. The molecular formula is C20H24N2O3. The summed E-state index contributed by atoms with van der Waals surface area (Å²) in [6.45, 7) is 2.03. The molecule has 1 N–H and O–H groups in total. The minimum Gasteiger partial charge on any atom is -0.484 e. The number of nitrogens with zero attached hydrogens (tertiary/aromatic N) is 1. The predicted molar refractivity (Wildman–Crippen MR) is 98.7 cm³/mol. The molecule has 2 aromatic rings. The molecule has 25 heavy (non-hydrogen) atoms. The zero-order valence-electron chi connectivity index (χ0n) is 14.9. The molecule has 0 aromatic heterocycles. The van der Waals surface area contributed by atoms with Crippen molar-refractivity contribution >= 4 is 17.5 Å². The van der Waals surface area contributed by atoms with Gasteiger partial charge in [0.15, 0.2) is 6.61 Å². The second-order valence-corrected chi connectivity index (χ2v) is 6.17. The van der Waals surface area contributed by atoms with E-state index in [0.717, 1.165) is 5.56 Å². The van der Waals surface area contributed by atoms with Gasteiger partial charge in [0.25, 0.3) is 5.91 Å². The van der Waals surface area contributed by atoms with Crippen molar-refractivity contribution in [1.82, 2.24) is 4.90 Å². The molecule has 0 saturated heterocycles. The van der Waals surface area contributed by atoms with E-state index < -0.39 is 0 Å². The van der Waals surface area contributed by atoms with Crippen molar-refractivity contribution in [3.63, 3.8) is 0 Å². The lowest BCUT2D eigenvalue weighted by Crippen LogP contribution is -2.27. The number of hydrogen-bond donors (Lipinski definition) is 1. The van der Waals surface area contributed by atoms with Gasteiger partial charge in [-0.05, 0) is 35.7 Å². The van der Waals surface area contributed by atoms with E-state index in [1.54, 1.807) is 38.4 Å². The molecular weight excluding hydrogens is 316 g/mol. The zero-order chi connectivity index (χ0) is 18.2. The summed E-state index contributed by atoms with van der Waals surface area (Å²) in [5.74, 6) is 0.604. The van der Waals surface area contributed by atoms with Crippen LogP contribution in [0.2, 0.25) is 0 Å². The van der Waals surface area contributed by atoms with Crippen LogP contribution in [0, 0.1) is 0 Å². The molecule has 5 heteroatoms. The Balaban J connectivity index is 1.84. The number of nitrogens with one attached hydrogen (secondary N) is 1. The molecule has 0 radical (unpaired) electrons. The molecule has 0 saturated carbocycles. The third-order valence-corrected chi connectivity index (χ3v) is 3.86. The Morgan fingerprint density at radius 2 is 1.68 bits per heavy atom. The van der Waals surface area contributed by atoms with E-state index in [9.17, 15) is 9.59 Å². The summed E-state index contributed by atoms with van der Waals surface area (Å²) < 4.78 is 5.41. The number of likely N-dealkylation sites (N-methyl/N-ethyl adjacent to an activating group) is 1. The highest BCUT2D eigenvalue weighted by Crippen LogP contribution is 2.20. The molecule has 0 aliphatic heterocycles. The summed E-state index contributed by atoms with van der Waals surface area (Å²) in [5.41, 5.74) is 1.85. The standard InChI is InChI=1S/C20H24N2O3/c1-15(16-7-5-4-6-8-16)13-19(23)21-17-9-11-18(12-10-17)25-14-20(24)22(2)3/h4-12,15H,13-14H2,1-3H3,(H,21,23). The van der Waals surface area contributed by atoms with Crippen LogP contribution in [-0.4, -0.2) is 37.4 Å².